The molecule has 7 nitrogen and oxygen atoms in total. The Balaban J connectivity index is 1.39. The maximum Gasteiger partial charge on any atom is 0.258 e. The zero-order valence-electron chi connectivity index (χ0n) is 15.3. The van der Waals surface area contributed by atoms with Gasteiger partial charge in [-0.25, -0.2) is 0 Å². The molecular formula is C19H24ClN3O4. The Bertz CT molecular complexity index is 727. The van der Waals surface area contributed by atoms with Gasteiger partial charge in [0.25, 0.3) is 5.91 Å². The number of halogens is 1. The lowest BCUT2D eigenvalue weighted by atomic mass is 10.0. The molecule has 3 rings (SSSR count). The van der Waals surface area contributed by atoms with Gasteiger partial charge in [-0.1, -0.05) is 24.9 Å². The van der Waals surface area contributed by atoms with E-state index >= 15 is 0 Å². The monoisotopic (exact) mass is 393 g/mol. The molecule has 0 bridgehead atoms. The Morgan fingerprint density at radius 3 is 2.81 bits per heavy atom. The summed E-state index contributed by atoms with van der Waals surface area (Å²) in [5, 5.41) is 11.7. The van der Waals surface area contributed by atoms with Crippen molar-refractivity contribution in [2.45, 2.75) is 51.2 Å². The minimum atomic E-state index is -0.202. The molecule has 1 saturated heterocycles. The van der Waals surface area contributed by atoms with Gasteiger partial charge in [-0.15, -0.1) is 10.2 Å². The van der Waals surface area contributed by atoms with Crippen LogP contribution in [-0.4, -0.2) is 35.4 Å². The van der Waals surface area contributed by atoms with E-state index < -0.39 is 0 Å². The lowest BCUT2D eigenvalue weighted by Gasteiger charge is -2.27. The summed E-state index contributed by atoms with van der Waals surface area (Å²) in [6.07, 6.45) is 4.21. The Hall–Kier alpha value is -2.12. The van der Waals surface area contributed by atoms with Crippen molar-refractivity contribution in [3.05, 3.63) is 41.1 Å². The molecule has 1 N–H and O–H groups in total. The van der Waals surface area contributed by atoms with Crippen LogP contribution in [-0.2, 0) is 16.0 Å². The molecule has 1 aliphatic heterocycles. The molecule has 146 valence electrons. The number of unbranched alkanes of at least 4 members (excludes halogenated alkanes) is 1. The molecule has 0 unspecified atom stereocenters. The van der Waals surface area contributed by atoms with Gasteiger partial charge < -0.3 is 19.2 Å². The molecule has 1 fully saturated rings. The van der Waals surface area contributed by atoms with Crippen molar-refractivity contribution in [3.8, 4) is 5.75 Å². The van der Waals surface area contributed by atoms with Crippen LogP contribution < -0.4 is 10.1 Å². The van der Waals surface area contributed by atoms with E-state index in [-0.39, 0.29) is 24.7 Å². The summed E-state index contributed by atoms with van der Waals surface area (Å²) in [6, 6.07) is 6.83. The van der Waals surface area contributed by atoms with E-state index in [1.165, 1.54) is 0 Å². The van der Waals surface area contributed by atoms with Gasteiger partial charge in [-0.05, 0) is 43.5 Å². The van der Waals surface area contributed by atoms with Crippen molar-refractivity contribution < 1.29 is 18.7 Å². The molecule has 27 heavy (non-hydrogen) atoms. The first-order chi connectivity index (χ1) is 13.1. The Labute approximate surface area is 163 Å². The fourth-order valence-corrected chi connectivity index (χ4v) is 2.96. The third kappa shape index (κ3) is 5.94. The van der Waals surface area contributed by atoms with Crippen LogP contribution in [0.4, 0.5) is 0 Å². The number of aryl methyl sites for hydroxylation is 1. The number of nitrogens with one attached hydrogen (secondary N) is 1. The fraction of sp³-hybridized carbons (Fsp3) is 0.526. The highest BCUT2D eigenvalue weighted by molar-refractivity contribution is 6.30. The van der Waals surface area contributed by atoms with Crippen molar-refractivity contribution in [2.75, 3.05) is 13.2 Å². The Morgan fingerprint density at radius 2 is 2.11 bits per heavy atom. The summed E-state index contributed by atoms with van der Waals surface area (Å²) in [5.74, 6) is 1.60. The van der Waals surface area contributed by atoms with Crippen molar-refractivity contribution in [2.24, 2.45) is 0 Å². The molecule has 2 atom stereocenters. The molecule has 1 aliphatic rings. The largest absolute Gasteiger partial charge is 0.484 e. The van der Waals surface area contributed by atoms with Crippen LogP contribution in [0.15, 0.2) is 28.7 Å². The highest BCUT2D eigenvalue weighted by atomic mass is 35.5. The van der Waals surface area contributed by atoms with Crippen molar-refractivity contribution in [1.82, 2.24) is 15.5 Å². The standard InChI is InChI=1S/C19H24ClN3O4/c1-2-3-4-18-22-23-19(27-18)16-10-7-14(11-26-16)21-17(24)12-25-15-8-5-13(20)6-9-15/h5-6,8-9,14,16H,2-4,7,10-12H2,1H3,(H,21,24)/t14-,16+/m1/s1. The van der Waals surface area contributed by atoms with Crippen LogP contribution in [0.1, 0.15) is 50.5 Å². The van der Waals surface area contributed by atoms with Crippen LogP contribution in [0.3, 0.4) is 0 Å². The molecule has 1 amide bonds. The minimum absolute atomic E-state index is 0.0496. The lowest BCUT2D eigenvalue weighted by Crippen LogP contribution is -2.43. The predicted molar refractivity (Wildman–Crippen MR) is 99.7 cm³/mol. The molecule has 0 radical (unpaired) electrons. The van der Waals surface area contributed by atoms with Gasteiger partial charge in [0.05, 0.1) is 12.6 Å². The normalized spacial score (nSPS) is 19.6. The Morgan fingerprint density at radius 1 is 1.30 bits per heavy atom. The number of hydrogen-bond donors (Lipinski definition) is 1. The maximum atomic E-state index is 12.0. The predicted octanol–water partition coefficient (Wildman–Crippen LogP) is 3.48. The second-order valence-corrected chi connectivity index (χ2v) is 6.98. The summed E-state index contributed by atoms with van der Waals surface area (Å²) in [7, 11) is 0. The van der Waals surface area contributed by atoms with Gasteiger partial charge >= 0.3 is 0 Å². The van der Waals surface area contributed by atoms with Crippen molar-refractivity contribution in [3.63, 3.8) is 0 Å². The van der Waals surface area contributed by atoms with Crippen LogP contribution in [0.5, 0.6) is 5.75 Å². The molecule has 1 aromatic carbocycles. The third-order valence-electron chi connectivity index (χ3n) is 4.33. The number of rotatable bonds is 8. The van der Waals surface area contributed by atoms with Crippen LogP contribution >= 0.6 is 11.6 Å². The average Bonchev–Trinajstić information content (AvgIpc) is 3.15. The lowest BCUT2D eigenvalue weighted by molar-refractivity contribution is -0.125. The SMILES string of the molecule is CCCCc1nnc([C@@H]2CC[C@@H](NC(=O)COc3ccc(Cl)cc3)CO2)o1. The van der Waals surface area contributed by atoms with Gasteiger partial charge in [0, 0.05) is 11.4 Å². The number of amides is 1. The molecule has 0 aliphatic carbocycles. The van der Waals surface area contributed by atoms with Crippen molar-refractivity contribution >= 4 is 17.5 Å². The third-order valence-corrected chi connectivity index (χ3v) is 4.58. The first-order valence-corrected chi connectivity index (χ1v) is 9.63. The first-order valence-electron chi connectivity index (χ1n) is 9.25. The summed E-state index contributed by atoms with van der Waals surface area (Å²) in [4.78, 5) is 12.0. The van der Waals surface area contributed by atoms with Crippen LogP contribution in [0.25, 0.3) is 0 Å². The number of hydrogen-bond acceptors (Lipinski definition) is 6. The van der Waals surface area contributed by atoms with Gasteiger partial charge in [-0.2, -0.15) is 0 Å². The molecular weight excluding hydrogens is 370 g/mol. The van der Waals surface area contributed by atoms with E-state index in [1.807, 2.05) is 0 Å². The zero-order valence-corrected chi connectivity index (χ0v) is 16.1. The van der Waals surface area contributed by atoms with Gasteiger partial charge in [0.1, 0.15) is 11.9 Å². The van der Waals surface area contributed by atoms with E-state index in [9.17, 15) is 4.79 Å². The van der Waals surface area contributed by atoms with E-state index in [4.69, 9.17) is 25.5 Å². The minimum Gasteiger partial charge on any atom is -0.484 e. The van der Waals surface area contributed by atoms with Crippen molar-refractivity contribution in [1.29, 1.82) is 0 Å². The molecule has 2 aromatic rings. The van der Waals surface area contributed by atoms with E-state index in [0.717, 1.165) is 32.1 Å². The summed E-state index contributed by atoms with van der Waals surface area (Å²) >= 11 is 5.82. The first kappa shape index (κ1) is 19.6. The van der Waals surface area contributed by atoms with Gasteiger partial charge in [-0.3, -0.25) is 4.79 Å². The summed E-state index contributed by atoms with van der Waals surface area (Å²) in [6.45, 7) is 2.48. The summed E-state index contributed by atoms with van der Waals surface area (Å²) < 4.78 is 16.9. The van der Waals surface area contributed by atoms with Crippen LogP contribution in [0.2, 0.25) is 5.02 Å². The number of nitrogens with zero attached hydrogens (tertiary/aromatic N) is 2. The maximum absolute atomic E-state index is 12.0. The van der Waals surface area contributed by atoms with E-state index in [1.54, 1.807) is 24.3 Å². The van der Waals surface area contributed by atoms with Gasteiger partial charge in [0.15, 0.2) is 6.61 Å². The molecule has 8 heteroatoms. The van der Waals surface area contributed by atoms with Crippen LogP contribution in [0, 0.1) is 0 Å². The number of benzene rings is 1. The highest BCUT2D eigenvalue weighted by Gasteiger charge is 2.27. The number of aromatic nitrogens is 2. The second kappa shape index (κ2) is 9.71. The fourth-order valence-electron chi connectivity index (χ4n) is 2.83. The smallest absolute Gasteiger partial charge is 0.258 e. The summed E-state index contributed by atoms with van der Waals surface area (Å²) in [5.41, 5.74) is 0. The Kier molecular flexibility index (Phi) is 7.06. The number of ether oxygens (including phenoxy) is 2. The molecule has 2 heterocycles. The quantitative estimate of drug-likeness (QED) is 0.738. The molecule has 0 saturated carbocycles. The van der Waals surface area contributed by atoms with E-state index in [2.05, 4.69) is 22.4 Å². The highest BCUT2D eigenvalue weighted by Crippen LogP contribution is 2.27. The molecule has 0 spiro atoms. The molecule has 1 aromatic heterocycles. The number of carbonyl (C=O) groups is 1. The zero-order chi connectivity index (χ0) is 19.1. The second-order valence-electron chi connectivity index (χ2n) is 6.54. The number of carbonyl (C=O) groups excluding carboxylic acids is 1. The topological polar surface area (TPSA) is 86.5 Å². The van der Waals surface area contributed by atoms with Gasteiger partial charge in [0.2, 0.25) is 11.8 Å². The van der Waals surface area contributed by atoms with E-state index in [0.29, 0.717) is 29.2 Å². The average molecular weight is 394 g/mol.